The number of carbonyl (C=O) groups excluding carboxylic acids is 1. The molecule has 0 radical (unpaired) electrons. The van der Waals surface area contributed by atoms with Crippen LogP contribution in [0.4, 0.5) is 4.79 Å². The van der Waals surface area contributed by atoms with Crippen LogP contribution >= 0.6 is 0 Å². The molecule has 3 aromatic rings. The Morgan fingerprint density at radius 2 is 1.62 bits per heavy atom. The van der Waals surface area contributed by atoms with E-state index in [1.165, 1.54) is 0 Å². The van der Waals surface area contributed by atoms with Gasteiger partial charge in [-0.25, -0.2) is 4.79 Å². The minimum absolute atomic E-state index is 0.0164. The molecule has 1 aliphatic rings. The molecule has 1 aliphatic heterocycles. The molecular formula is C31H35N3O3. The van der Waals surface area contributed by atoms with E-state index >= 15 is 0 Å². The lowest BCUT2D eigenvalue weighted by atomic mass is 9.75. The van der Waals surface area contributed by atoms with Crippen LogP contribution < -0.4 is 5.56 Å². The molecule has 1 saturated heterocycles. The minimum atomic E-state index is -0.836. The van der Waals surface area contributed by atoms with Gasteiger partial charge in [0.05, 0.1) is 17.5 Å². The standard InChI is InChI=1S/C31H35N3O3/c1-22(2)34-19-26(15-16-28(34)35)25-13-11-24(12-14-25)23(3)33-18-17-31(37-29(33)36,20-30(4,5)21-32)27-9-7-6-8-10-27/h6-16,19,22-23H,17-18,20H2,1-5H3/t23-,31+/m0/s1. The average Bonchev–Trinajstić information content (AvgIpc) is 2.89. The fourth-order valence-electron chi connectivity index (χ4n) is 5.16. The van der Waals surface area contributed by atoms with Crippen LogP contribution in [0.2, 0.25) is 0 Å². The van der Waals surface area contributed by atoms with E-state index < -0.39 is 11.0 Å². The summed E-state index contributed by atoms with van der Waals surface area (Å²) in [5.41, 5.74) is 2.41. The number of benzene rings is 2. The Labute approximate surface area is 219 Å². The fourth-order valence-corrected chi connectivity index (χ4v) is 5.16. The van der Waals surface area contributed by atoms with Crippen molar-refractivity contribution >= 4 is 6.09 Å². The van der Waals surface area contributed by atoms with Crippen molar-refractivity contribution in [2.45, 2.75) is 65.1 Å². The first-order valence-electron chi connectivity index (χ1n) is 12.8. The fraction of sp³-hybridized carbons (Fsp3) is 0.387. The van der Waals surface area contributed by atoms with Gasteiger partial charge in [-0.15, -0.1) is 0 Å². The molecule has 0 bridgehead atoms. The quantitative estimate of drug-likeness (QED) is 0.358. The van der Waals surface area contributed by atoms with Gasteiger partial charge >= 0.3 is 6.09 Å². The van der Waals surface area contributed by atoms with Crippen molar-refractivity contribution in [1.29, 1.82) is 5.26 Å². The van der Waals surface area contributed by atoms with Gasteiger partial charge in [0.15, 0.2) is 0 Å². The molecule has 1 amide bonds. The van der Waals surface area contributed by atoms with Crippen LogP contribution in [0.1, 0.15) is 70.7 Å². The average molecular weight is 498 g/mol. The van der Waals surface area contributed by atoms with Gasteiger partial charge in [0.25, 0.3) is 5.56 Å². The number of cyclic esters (lactones) is 1. The van der Waals surface area contributed by atoms with Gasteiger partial charge in [0.1, 0.15) is 5.60 Å². The summed E-state index contributed by atoms with van der Waals surface area (Å²) in [6, 6.07) is 23.6. The molecule has 6 heteroatoms. The van der Waals surface area contributed by atoms with Crippen LogP contribution in [0.3, 0.4) is 0 Å². The van der Waals surface area contributed by atoms with E-state index in [0.717, 1.165) is 22.3 Å². The van der Waals surface area contributed by atoms with Gasteiger partial charge in [-0.05, 0) is 62.9 Å². The smallest absolute Gasteiger partial charge is 0.411 e. The molecule has 1 fully saturated rings. The van der Waals surface area contributed by atoms with E-state index in [4.69, 9.17) is 4.74 Å². The predicted molar refractivity (Wildman–Crippen MR) is 145 cm³/mol. The molecule has 37 heavy (non-hydrogen) atoms. The van der Waals surface area contributed by atoms with Gasteiger partial charge in [-0.3, -0.25) is 4.79 Å². The zero-order valence-corrected chi connectivity index (χ0v) is 22.3. The van der Waals surface area contributed by atoms with Crippen molar-refractivity contribution in [1.82, 2.24) is 9.47 Å². The molecule has 0 spiro atoms. The highest BCUT2D eigenvalue weighted by molar-refractivity contribution is 5.70. The lowest BCUT2D eigenvalue weighted by Crippen LogP contribution is -2.50. The SMILES string of the molecule is CC(C)n1cc(-c2ccc([C@H](C)N3CC[C@@](CC(C)(C)C#N)(c4ccccc4)OC3=O)cc2)ccc1=O. The molecule has 4 rings (SSSR count). The van der Waals surface area contributed by atoms with Crippen molar-refractivity contribution in [2.24, 2.45) is 5.41 Å². The number of ether oxygens (including phenoxy) is 1. The molecule has 1 aromatic heterocycles. The second-order valence-corrected chi connectivity index (χ2v) is 10.9. The number of carbonyl (C=O) groups is 1. The van der Waals surface area contributed by atoms with Gasteiger partial charge in [-0.1, -0.05) is 54.6 Å². The maximum absolute atomic E-state index is 13.4. The number of nitriles is 1. The summed E-state index contributed by atoms with van der Waals surface area (Å²) in [5.74, 6) is 0. The Morgan fingerprint density at radius 1 is 0.973 bits per heavy atom. The molecule has 2 atom stereocenters. The van der Waals surface area contributed by atoms with Crippen LogP contribution in [0.5, 0.6) is 0 Å². The summed E-state index contributed by atoms with van der Waals surface area (Å²) < 4.78 is 7.92. The van der Waals surface area contributed by atoms with Crippen LogP contribution in [-0.4, -0.2) is 22.1 Å². The maximum atomic E-state index is 13.4. The van der Waals surface area contributed by atoms with E-state index in [1.807, 2.05) is 101 Å². The van der Waals surface area contributed by atoms with Crippen molar-refractivity contribution in [2.75, 3.05) is 6.54 Å². The zero-order valence-electron chi connectivity index (χ0n) is 22.3. The first-order chi connectivity index (χ1) is 17.5. The lowest BCUT2D eigenvalue weighted by molar-refractivity contribution is -0.0770. The Bertz CT molecular complexity index is 1350. The number of hydrogen-bond donors (Lipinski definition) is 0. The highest BCUT2D eigenvalue weighted by Crippen LogP contribution is 2.44. The number of pyridine rings is 1. The van der Waals surface area contributed by atoms with E-state index in [2.05, 4.69) is 6.07 Å². The second kappa shape index (κ2) is 10.3. The summed E-state index contributed by atoms with van der Waals surface area (Å²) in [6.45, 7) is 10.3. The molecule has 0 N–H and O–H groups in total. The lowest BCUT2D eigenvalue weighted by Gasteiger charge is -2.45. The van der Waals surface area contributed by atoms with Crippen molar-refractivity contribution in [3.63, 3.8) is 0 Å². The zero-order chi connectivity index (χ0) is 26.8. The number of aromatic nitrogens is 1. The monoisotopic (exact) mass is 497 g/mol. The minimum Gasteiger partial charge on any atom is -0.438 e. The van der Waals surface area contributed by atoms with Gasteiger partial charge < -0.3 is 14.2 Å². The second-order valence-electron chi connectivity index (χ2n) is 10.9. The summed E-state index contributed by atoms with van der Waals surface area (Å²) in [4.78, 5) is 27.3. The Kier molecular flexibility index (Phi) is 7.27. The summed E-state index contributed by atoms with van der Waals surface area (Å²) in [7, 11) is 0. The van der Waals surface area contributed by atoms with Crippen molar-refractivity contribution in [3.8, 4) is 17.2 Å². The largest absolute Gasteiger partial charge is 0.438 e. The van der Waals surface area contributed by atoms with Crippen LogP contribution in [0, 0.1) is 16.7 Å². The topological polar surface area (TPSA) is 75.3 Å². The normalized spacial score (nSPS) is 18.8. The number of rotatable bonds is 7. The molecule has 0 saturated carbocycles. The third-order valence-electron chi connectivity index (χ3n) is 7.29. The van der Waals surface area contributed by atoms with Crippen LogP contribution in [-0.2, 0) is 10.3 Å². The Balaban J connectivity index is 1.55. The third-order valence-corrected chi connectivity index (χ3v) is 7.29. The first kappa shape index (κ1) is 26.2. The van der Waals surface area contributed by atoms with E-state index in [1.54, 1.807) is 15.5 Å². The van der Waals surface area contributed by atoms with Crippen LogP contribution in [0.25, 0.3) is 11.1 Å². The number of hydrogen-bond acceptors (Lipinski definition) is 4. The third kappa shape index (κ3) is 5.46. The Hall–Kier alpha value is -3.85. The van der Waals surface area contributed by atoms with Crippen molar-refractivity contribution < 1.29 is 9.53 Å². The number of nitrogens with zero attached hydrogens (tertiary/aromatic N) is 3. The van der Waals surface area contributed by atoms with E-state index in [0.29, 0.717) is 19.4 Å². The maximum Gasteiger partial charge on any atom is 0.411 e. The van der Waals surface area contributed by atoms with Gasteiger partial charge in [0.2, 0.25) is 0 Å². The molecule has 0 unspecified atom stereocenters. The first-order valence-corrected chi connectivity index (χ1v) is 12.8. The Morgan fingerprint density at radius 3 is 2.22 bits per heavy atom. The number of amides is 1. The van der Waals surface area contributed by atoms with E-state index in [9.17, 15) is 14.9 Å². The van der Waals surface area contributed by atoms with Gasteiger partial charge in [-0.2, -0.15) is 5.26 Å². The highest BCUT2D eigenvalue weighted by atomic mass is 16.6. The molecule has 6 nitrogen and oxygen atoms in total. The summed E-state index contributed by atoms with van der Waals surface area (Å²) in [6.07, 6.45) is 2.55. The van der Waals surface area contributed by atoms with E-state index in [-0.39, 0.29) is 23.7 Å². The highest BCUT2D eigenvalue weighted by Gasteiger charge is 2.46. The summed E-state index contributed by atoms with van der Waals surface area (Å²) in [5, 5.41) is 9.68. The van der Waals surface area contributed by atoms with Gasteiger partial charge in [0, 0.05) is 37.7 Å². The molecule has 2 aromatic carbocycles. The molecule has 0 aliphatic carbocycles. The summed E-state index contributed by atoms with van der Waals surface area (Å²) >= 11 is 0. The van der Waals surface area contributed by atoms with Crippen LogP contribution in [0.15, 0.2) is 77.7 Å². The van der Waals surface area contributed by atoms with Crippen molar-refractivity contribution in [3.05, 3.63) is 94.4 Å². The molecule has 2 heterocycles. The molecular weight excluding hydrogens is 462 g/mol. The molecule has 192 valence electrons. The predicted octanol–water partition coefficient (Wildman–Crippen LogP) is 6.83.